The number of hydrogen-bond donors (Lipinski definition) is 1. The van der Waals surface area contributed by atoms with Crippen LogP contribution in [0.2, 0.25) is 5.02 Å². The van der Waals surface area contributed by atoms with E-state index in [0.717, 1.165) is 24.9 Å². The van der Waals surface area contributed by atoms with Gasteiger partial charge < -0.3 is 10.6 Å². The average Bonchev–Trinajstić information content (AvgIpc) is 2.96. The molecule has 1 aromatic heterocycles. The maximum absolute atomic E-state index is 12.2. The lowest BCUT2D eigenvalue weighted by molar-refractivity contribution is -0.133. The minimum absolute atomic E-state index is 0. The van der Waals surface area contributed by atoms with Crippen molar-refractivity contribution < 1.29 is 4.79 Å². The molecule has 0 aliphatic carbocycles. The summed E-state index contributed by atoms with van der Waals surface area (Å²) in [6, 6.07) is 7.21. The van der Waals surface area contributed by atoms with E-state index in [9.17, 15) is 4.79 Å². The van der Waals surface area contributed by atoms with Crippen molar-refractivity contribution in [2.24, 2.45) is 5.73 Å². The molecule has 1 saturated heterocycles. The first kappa shape index (κ1) is 17.7. The fourth-order valence-corrected chi connectivity index (χ4v) is 2.61. The normalized spacial score (nSPS) is 17.7. The molecular weight excluding hydrogens is 339 g/mol. The number of nitrogens with zero attached hydrogens (tertiary/aromatic N) is 5. The Morgan fingerprint density at radius 3 is 2.78 bits per heavy atom. The van der Waals surface area contributed by atoms with Crippen LogP contribution in [0.1, 0.15) is 12.8 Å². The van der Waals surface area contributed by atoms with Crippen LogP contribution in [-0.2, 0) is 11.3 Å². The third-order valence-corrected chi connectivity index (χ3v) is 3.89. The van der Waals surface area contributed by atoms with Crippen molar-refractivity contribution >= 4 is 29.9 Å². The van der Waals surface area contributed by atoms with E-state index in [1.807, 2.05) is 12.1 Å². The molecule has 0 spiro atoms. The number of carbonyl (C=O) groups excluding carboxylic acids is 1. The molecule has 1 aliphatic heterocycles. The van der Waals surface area contributed by atoms with Crippen molar-refractivity contribution in [1.82, 2.24) is 25.1 Å². The number of halogens is 2. The number of benzene rings is 1. The molecule has 7 nitrogen and oxygen atoms in total. The van der Waals surface area contributed by atoms with Gasteiger partial charge in [0, 0.05) is 29.7 Å². The molecule has 1 unspecified atom stereocenters. The fraction of sp³-hybridized carbons (Fsp3) is 0.429. The third kappa shape index (κ3) is 4.40. The molecule has 0 bridgehead atoms. The van der Waals surface area contributed by atoms with E-state index < -0.39 is 0 Å². The molecule has 124 valence electrons. The van der Waals surface area contributed by atoms with Crippen molar-refractivity contribution in [2.75, 3.05) is 13.1 Å². The maximum Gasteiger partial charge on any atom is 0.246 e. The van der Waals surface area contributed by atoms with Crippen molar-refractivity contribution in [3.8, 4) is 11.4 Å². The number of rotatable bonds is 3. The Bertz CT molecular complexity index is 660. The molecule has 1 fully saturated rings. The highest BCUT2D eigenvalue weighted by Crippen LogP contribution is 2.17. The largest absolute Gasteiger partial charge is 0.339 e. The van der Waals surface area contributed by atoms with Gasteiger partial charge in [-0.05, 0) is 42.3 Å². The van der Waals surface area contributed by atoms with E-state index in [2.05, 4.69) is 15.4 Å². The molecule has 23 heavy (non-hydrogen) atoms. The topological polar surface area (TPSA) is 89.9 Å². The van der Waals surface area contributed by atoms with Gasteiger partial charge in [0.1, 0.15) is 6.54 Å². The lowest BCUT2D eigenvalue weighted by atomic mass is 10.1. The Labute approximate surface area is 145 Å². The van der Waals surface area contributed by atoms with Crippen molar-refractivity contribution in [1.29, 1.82) is 0 Å². The van der Waals surface area contributed by atoms with E-state index in [0.29, 0.717) is 17.4 Å². The Morgan fingerprint density at radius 1 is 1.35 bits per heavy atom. The van der Waals surface area contributed by atoms with Crippen LogP contribution in [0.5, 0.6) is 0 Å². The van der Waals surface area contributed by atoms with Crippen LogP contribution in [0.15, 0.2) is 24.3 Å². The summed E-state index contributed by atoms with van der Waals surface area (Å²) in [5.74, 6) is 0.440. The zero-order valence-electron chi connectivity index (χ0n) is 12.4. The highest BCUT2D eigenvalue weighted by atomic mass is 35.5. The molecule has 1 aliphatic rings. The molecule has 2 aromatic rings. The molecule has 0 saturated carbocycles. The number of amides is 1. The SMILES string of the molecule is Cl.NC1CCCN(C(=O)Cn2nnc(-c3ccc(Cl)cc3)n2)C1. The van der Waals surface area contributed by atoms with E-state index >= 15 is 0 Å². The van der Waals surface area contributed by atoms with Crippen LogP contribution in [0.25, 0.3) is 11.4 Å². The average molecular weight is 357 g/mol. The number of tetrazole rings is 1. The van der Waals surface area contributed by atoms with Crippen molar-refractivity contribution in [3.05, 3.63) is 29.3 Å². The van der Waals surface area contributed by atoms with E-state index in [1.165, 1.54) is 4.80 Å². The van der Waals surface area contributed by atoms with Gasteiger partial charge in [-0.3, -0.25) is 4.79 Å². The van der Waals surface area contributed by atoms with Gasteiger partial charge in [-0.1, -0.05) is 11.6 Å². The van der Waals surface area contributed by atoms with Gasteiger partial charge in [0.15, 0.2) is 0 Å². The maximum atomic E-state index is 12.2. The monoisotopic (exact) mass is 356 g/mol. The number of hydrogen-bond acceptors (Lipinski definition) is 5. The molecule has 1 aromatic carbocycles. The third-order valence-electron chi connectivity index (χ3n) is 3.64. The Morgan fingerprint density at radius 2 is 2.09 bits per heavy atom. The highest BCUT2D eigenvalue weighted by molar-refractivity contribution is 6.30. The molecule has 9 heteroatoms. The number of nitrogens with two attached hydrogens (primary N) is 1. The van der Waals surface area contributed by atoms with Crippen LogP contribution < -0.4 is 5.73 Å². The van der Waals surface area contributed by atoms with Crippen molar-refractivity contribution in [2.45, 2.75) is 25.4 Å². The fourth-order valence-electron chi connectivity index (χ4n) is 2.48. The Kier molecular flexibility index (Phi) is 5.92. The number of carbonyl (C=O) groups is 1. The number of aromatic nitrogens is 4. The molecule has 1 amide bonds. The van der Waals surface area contributed by atoms with Gasteiger partial charge in [0.05, 0.1) is 0 Å². The predicted molar refractivity (Wildman–Crippen MR) is 89.3 cm³/mol. The first-order chi connectivity index (χ1) is 10.6. The smallest absolute Gasteiger partial charge is 0.246 e. The quantitative estimate of drug-likeness (QED) is 0.896. The van der Waals surface area contributed by atoms with Crippen molar-refractivity contribution in [3.63, 3.8) is 0 Å². The summed E-state index contributed by atoms with van der Waals surface area (Å²) >= 11 is 5.85. The Hall–Kier alpha value is -1.70. The summed E-state index contributed by atoms with van der Waals surface area (Å²) in [7, 11) is 0. The van der Waals surface area contributed by atoms with Crippen LogP contribution in [-0.4, -0.2) is 50.1 Å². The number of piperidine rings is 1. The number of likely N-dealkylation sites (tertiary alicyclic amines) is 1. The second kappa shape index (κ2) is 7.72. The second-order valence-electron chi connectivity index (χ2n) is 5.39. The van der Waals surface area contributed by atoms with Crippen LogP contribution in [0.4, 0.5) is 0 Å². The van der Waals surface area contributed by atoms with Gasteiger partial charge >= 0.3 is 0 Å². The highest BCUT2D eigenvalue weighted by Gasteiger charge is 2.22. The second-order valence-corrected chi connectivity index (χ2v) is 5.83. The van der Waals surface area contributed by atoms with Gasteiger partial charge in [0.2, 0.25) is 11.7 Å². The van der Waals surface area contributed by atoms with E-state index in [1.54, 1.807) is 17.0 Å². The van der Waals surface area contributed by atoms with Crippen LogP contribution in [0, 0.1) is 0 Å². The molecule has 2 N–H and O–H groups in total. The summed E-state index contributed by atoms with van der Waals surface area (Å²) < 4.78 is 0. The van der Waals surface area contributed by atoms with E-state index in [4.69, 9.17) is 17.3 Å². The van der Waals surface area contributed by atoms with Crippen LogP contribution in [0.3, 0.4) is 0 Å². The van der Waals surface area contributed by atoms with Gasteiger partial charge in [-0.2, -0.15) is 4.80 Å². The first-order valence-corrected chi connectivity index (χ1v) is 7.57. The molecular formula is C14H18Cl2N6O. The lowest BCUT2D eigenvalue weighted by Crippen LogP contribution is -2.46. The molecule has 0 radical (unpaired) electrons. The molecule has 1 atom stereocenters. The molecule has 2 heterocycles. The lowest BCUT2D eigenvalue weighted by Gasteiger charge is -2.30. The van der Waals surface area contributed by atoms with Gasteiger partial charge in [-0.25, -0.2) is 0 Å². The standard InChI is InChI=1S/C14H17ClN6O.ClH/c15-11-5-3-10(4-6-11)14-17-19-21(18-14)9-13(22)20-7-1-2-12(16)8-20;/h3-6,12H,1-2,7-9,16H2;1H. The molecule has 3 rings (SSSR count). The summed E-state index contributed by atoms with van der Waals surface area (Å²) in [4.78, 5) is 15.3. The minimum Gasteiger partial charge on any atom is -0.339 e. The minimum atomic E-state index is -0.0322. The Balaban J connectivity index is 0.00000192. The van der Waals surface area contributed by atoms with Crippen LogP contribution >= 0.6 is 24.0 Å². The summed E-state index contributed by atoms with van der Waals surface area (Å²) in [5, 5.41) is 12.8. The summed E-state index contributed by atoms with van der Waals surface area (Å²) in [5.41, 5.74) is 6.70. The van der Waals surface area contributed by atoms with E-state index in [-0.39, 0.29) is 30.9 Å². The zero-order chi connectivity index (χ0) is 15.5. The zero-order valence-corrected chi connectivity index (χ0v) is 14.0. The first-order valence-electron chi connectivity index (χ1n) is 7.19. The predicted octanol–water partition coefficient (Wildman–Crippen LogP) is 1.36. The van der Waals surface area contributed by atoms with Gasteiger partial charge in [0.25, 0.3) is 0 Å². The summed E-state index contributed by atoms with van der Waals surface area (Å²) in [6.07, 6.45) is 1.90. The van der Waals surface area contributed by atoms with Gasteiger partial charge in [-0.15, -0.1) is 22.6 Å². The summed E-state index contributed by atoms with van der Waals surface area (Å²) in [6.45, 7) is 1.41.